The van der Waals surface area contributed by atoms with Gasteiger partial charge in [-0.1, -0.05) is 72.8 Å². The lowest BCUT2D eigenvalue weighted by molar-refractivity contribution is 0.0949. The number of nitrogens with zero attached hydrogens (tertiary/aromatic N) is 1. The number of nitrogens with one attached hydrogen (secondary N) is 5. The van der Waals surface area contributed by atoms with Crippen molar-refractivity contribution in [3.8, 4) is 28.7 Å². The van der Waals surface area contributed by atoms with Crippen molar-refractivity contribution >= 4 is 45.2 Å². The number of fused-ring (bicyclic) bond motifs is 3. The van der Waals surface area contributed by atoms with Crippen molar-refractivity contribution in [3.05, 3.63) is 156 Å². The van der Waals surface area contributed by atoms with Crippen molar-refractivity contribution < 1.29 is 53.8 Å². The number of rotatable bonds is 27. The molecule has 18 nitrogen and oxygen atoms in total. The van der Waals surface area contributed by atoms with Crippen LogP contribution in [0.1, 0.15) is 92.8 Å². The van der Waals surface area contributed by atoms with Gasteiger partial charge in [0.15, 0.2) is 17.3 Å². The number of phenols is 1. The Kier molecular flexibility index (Phi) is 25.7. The Morgan fingerprint density at radius 2 is 1.35 bits per heavy atom. The number of aliphatic hydroxyl groups excluding tert-OH is 3. The molecule has 0 spiro atoms. The number of urea groups is 1. The molecule has 1 aromatic heterocycles. The van der Waals surface area contributed by atoms with Crippen molar-refractivity contribution in [1.82, 2.24) is 25.8 Å². The van der Waals surface area contributed by atoms with Gasteiger partial charge in [0.25, 0.3) is 5.91 Å². The van der Waals surface area contributed by atoms with E-state index in [4.69, 9.17) is 24.7 Å². The Morgan fingerprint density at radius 1 is 0.704 bits per heavy atom. The third-order valence-corrected chi connectivity index (χ3v) is 12.9. The van der Waals surface area contributed by atoms with Crippen molar-refractivity contribution in [1.29, 1.82) is 0 Å². The fourth-order valence-corrected chi connectivity index (χ4v) is 8.38. The number of aryl methyl sites for hydroxylation is 1. The number of aromatic amines is 1. The van der Waals surface area contributed by atoms with Crippen molar-refractivity contribution in [2.75, 3.05) is 71.5 Å². The second-order valence-corrected chi connectivity index (χ2v) is 20.5. The SMILES string of the molecule is CC(CCc1ccccc1)NCC(O)c1ccc(O)c(C(N)=O)c1.CCN(CC)C(=O)Nc1ccc(OCC(O)CNC(C)(C)C)c(C(C)=O)c1.COc1ccccc1OCCNCC(O)COc1cccc2[nH]c3ccccc3c12. The van der Waals surface area contributed by atoms with Gasteiger partial charge < -0.3 is 76.3 Å². The molecular weight excluding hydrogens is 1030 g/mol. The highest BCUT2D eigenvalue weighted by Gasteiger charge is 2.19. The fraction of sp³-hybridized carbons (Fsp3) is 0.381. The molecule has 0 bridgehead atoms. The number of benzene rings is 6. The topological polar surface area (TPSA) is 262 Å². The lowest BCUT2D eigenvalue weighted by Gasteiger charge is -2.23. The molecule has 436 valence electrons. The molecule has 7 aromatic rings. The van der Waals surface area contributed by atoms with Crippen LogP contribution in [0.3, 0.4) is 0 Å². The van der Waals surface area contributed by atoms with E-state index >= 15 is 0 Å². The summed E-state index contributed by atoms with van der Waals surface area (Å²) in [4.78, 5) is 40.4. The maximum atomic E-state index is 12.2. The maximum absolute atomic E-state index is 12.2. The van der Waals surface area contributed by atoms with Crippen LogP contribution in [0.5, 0.6) is 28.7 Å². The highest BCUT2D eigenvalue weighted by molar-refractivity contribution is 6.10. The minimum Gasteiger partial charge on any atom is -0.507 e. The van der Waals surface area contributed by atoms with Crippen LogP contribution in [0, 0.1) is 0 Å². The lowest BCUT2D eigenvalue weighted by Crippen LogP contribution is -2.42. The second kappa shape index (κ2) is 32.5. The summed E-state index contributed by atoms with van der Waals surface area (Å²) in [6.45, 7) is 17.1. The first-order valence-corrected chi connectivity index (χ1v) is 27.4. The number of anilines is 1. The normalized spacial score (nSPS) is 12.6. The van der Waals surface area contributed by atoms with E-state index in [1.165, 1.54) is 24.6 Å². The number of H-pyrrole nitrogens is 1. The molecular formula is C63H83N7O11. The van der Waals surface area contributed by atoms with Gasteiger partial charge in [-0.15, -0.1) is 0 Å². The first kappa shape index (κ1) is 64.1. The molecule has 7 rings (SSSR count). The number of ether oxygens (including phenoxy) is 4. The number of hydrogen-bond donors (Lipinski definition) is 10. The van der Waals surface area contributed by atoms with Gasteiger partial charge in [0, 0.05) is 72.8 Å². The molecule has 6 aromatic carbocycles. The highest BCUT2D eigenvalue weighted by atomic mass is 16.5. The number of primary amides is 1. The number of methoxy groups -OCH3 is 1. The molecule has 0 saturated heterocycles. The minimum atomic E-state index is -0.775. The number of nitrogens with two attached hydrogens (primary N) is 1. The summed E-state index contributed by atoms with van der Waals surface area (Å²) >= 11 is 0. The zero-order valence-corrected chi connectivity index (χ0v) is 48.0. The fourth-order valence-electron chi connectivity index (χ4n) is 8.38. The third-order valence-electron chi connectivity index (χ3n) is 12.9. The van der Waals surface area contributed by atoms with Gasteiger partial charge in [-0.2, -0.15) is 0 Å². The minimum absolute atomic E-state index is 0.0173. The number of β-amino-alcohol motifs (C(OH)–C–C–N with tert-alkyl or cyclic N) is 1. The van der Waals surface area contributed by atoms with Gasteiger partial charge in [-0.3, -0.25) is 9.59 Å². The van der Waals surface area contributed by atoms with Crippen LogP contribution in [0.15, 0.2) is 133 Å². The Morgan fingerprint density at radius 3 is 2.02 bits per heavy atom. The molecule has 0 aliphatic heterocycles. The van der Waals surface area contributed by atoms with E-state index in [2.05, 4.69) is 51.4 Å². The Labute approximate surface area is 476 Å². The zero-order valence-electron chi connectivity index (χ0n) is 48.0. The van der Waals surface area contributed by atoms with Crippen molar-refractivity contribution in [3.63, 3.8) is 0 Å². The number of ketones is 1. The molecule has 4 atom stereocenters. The average molecular weight is 1110 g/mol. The van der Waals surface area contributed by atoms with Gasteiger partial charge in [-0.05, 0) is 133 Å². The van der Waals surface area contributed by atoms with Gasteiger partial charge in [0.2, 0.25) is 0 Å². The number of aromatic nitrogens is 1. The van der Waals surface area contributed by atoms with E-state index in [9.17, 15) is 34.8 Å². The standard InChI is InChI=1S/C24H26N2O4.C20H33N3O4.C19H24N2O3/c1-28-21-10-4-5-11-22(21)29-14-13-25-15-17(27)16-30-23-12-6-9-20-24(23)18-7-2-3-8-19(18)26-20;1-7-23(8-2)19(26)22-15-9-10-18(17(11-15)14(3)24)27-13-16(25)12-21-20(4,5)6;1-13(7-8-14-5-3-2-4-6-14)21-12-18(23)15-9-10-17(22)16(11-15)19(20)24/h2-12,17,25-27H,13-16H2,1H3;9-11,16,21,25H,7-8,12-13H2,1-6H3,(H,22,26);2-6,9-11,13,18,21-23H,7-8,12H2,1H3,(H2,20,24). The largest absolute Gasteiger partial charge is 0.507 e. The Hall–Kier alpha value is -7.71. The van der Waals surface area contributed by atoms with E-state index in [0.717, 1.165) is 40.4 Å². The van der Waals surface area contributed by atoms with Gasteiger partial charge in [0.05, 0.1) is 29.9 Å². The van der Waals surface area contributed by atoms with Crippen LogP contribution < -0.4 is 45.9 Å². The molecule has 11 N–H and O–H groups in total. The van der Waals surface area contributed by atoms with Gasteiger partial charge >= 0.3 is 6.03 Å². The number of hydrogen-bond acceptors (Lipinski definition) is 14. The predicted molar refractivity (Wildman–Crippen MR) is 320 cm³/mol. The summed E-state index contributed by atoms with van der Waals surface area (Å²) in [6.07, 6.45) is -0.180. The number of aliphatic hydroxyl groups is 3. The van der Waals surface area contributed by atoms with Crippen LogP contribution in [0.4, 0.5) is 10.5 Å². The number of amides is 3. The molecule has 1 heterocycles. The first-order valence-electron chi connectivity index (χ1n) is 27.4. The number of Topliss-reactive ketones (excluding diaryl/α,β-unsaturated/α-hetero) is 1. The van der Waals surface area contributed by atoms with E-state index in [1.54, 1.807) is 36.3 Å². The monoisotopic (exact) mass is 1110 g/mol. The number of para-hydroxylation sites is 3. The van der Waals surface area contributed by atoms with Crippen LogP contribution in [0.25, 0.3) is 21.8 Å². The molecule has 0 radical (unpaired) electrons. The Bertz CT molecular complexity index is 3050. The molecule has 81 heavy (non-hydrogen) atoms. The number of carbonyl (C=O) groups is 3. The van der Waals surface area contributed by atoms with Crippen molar-refractivity contribution in [2.45, 2.75) is 91.2 Å². The van der Waals surface area contributed by atoms with E-state index < -0.39 is 24.2 Å². The number of aromatic hydroxyl groups is 1. The molecule has 0 aliphatic rings. The zero-order chi connectivity index (χ0) is 58.9. The van der Waals surface area contributed by atoms with Crippen LogP contribution in [-0.4, -0.2) is 138 Å². The van der Waals surface area contributed by atoms with Gasteiger partial charge in [-0.25, -0.2) is 4.79 Å². The maximum Gasteiger partial charge on any atom is 0.321 e. The molecule has 4 unspecified atom stereocenters. The second-order valence-electron chi connectivity index (χ2n) is 20.5. The van der Waals surface area contributed by atoms with Crippen LogP contribution >= 0.6 is 0 Å². The quantitative estimate of drug-likeness (QED) is 0.0171. The third kappa shape index (κ3) is 21.0. The lowest BCUT2D eigenvalue weighted by atomic mass is 10.0. The smallest absolute Gasteiger partial charge is 0.321 e. The summed E-state index contributed by atoms with van der Waals surface area (Å²) in [5.74, 6) is 1.50. The summed E-state index contributed by atoms with van der Waals surface area (Å²) in [7, 11) is 1.62. The summed E-state index contributed by atoms with van der Waals surface area (Å²) < 4.78 is 22.6. The first-order chi connectivity index (χ1) is 38.8. The summed E-state index contributed by atoms with van der Waals surface area (Å²) in [5.41, 5.74) is 9.94. The molecule has 0 fully saturated rings. The van der Waals surface area contributed by atoms with Crippen LogP contribution in [-0.2, 0) is 6.42 Å². The predicted octanol–water partition coefficient (Wildman–Crippen LogP) is 8.76. The van der Waals surface area contributed by atoms with Crippen molar-refractivity contribution in [2.24, 2.45) is 5.73 Å². The van der Waals surface area contributed by atoms with E-state index in [0.29, 0.717) is 79.9 Å². The highest BCUT2D eigenvalue weighted by Crippen LogP contribution is 2.33. The summed E-state index contributed by atoms with van der Waals surface area (Å²) in [5, 5.41) is 54.8. The molecule has 0 aliphatic carbocycles. The average Bonchev–Trinajstić information content (AvgIpc) is 4.04. The molecule has 0 saturated carbocycles. The van der Waals surface area contributed by atoms with Gasteiger partial charge in [0.1, 0.15) is 49.3 Å². The molecule has 18 heteroatoms. The van der Waals surface area contributed by atoms with Crippen LogP contribution in [0.2, 0.25) is 0 Å². The van der Waals surface area contributed by atoms with E-state index in [1.807, 2.05) is 113 Å². The Balaban J connectivity index is 0.000000225. The number of carbonyl (C=O) groups excluding carboxylic acids is 3. The summed E-state index contributed by atoms with van der Waals surface area (Å²) in [6, 6.07) is 41.2. The molecule has 3 amide bonds. The van der Waals surface area contributed by atoms with E-state index in [-0.39, 0.29) is 47.9 Å².